The van der Waals surface area contributed by atoms with Crippen molar-refractivity contribution in [1.82, 2.24) is 14.8 Å². The number of carbonyl (C=O) groups excluding carboxylic acids is 2. The highest BCUT2D eigenvalue weighted by Crippen LogP contribution is 2.45. The highest BCUT2D eigenvalue weighted by Gasteiger charge is 2.34. The molecule has 0 atom stereocenters. The first-order chi connectivity index (χ1) is 15.1. The van der Waals surface area contributed by atoms with Gasteiger partial charge in [-0.3, -0.25) is 14.3 Å². The second-order valence-corrected chi connectivity index (χ2v) is 8.76. The van der Waals surface area contributed by atoms with Gasteiger partial charge in [-0.25, -0.2) is 22.5 Å². The predicted octanol–water partition coefficient (Wildman–Crippen LogP) is 4.94. The summed E-state index contributed by atoms with van der Waals surface area (Å²) in [7, 11) is 0. The number of alkyl halides is 4. The first kappa shape index (κ1) is 22.5. The fourth-order valence-corrected chi connectivity index (χ4v) is 4.94. The molecule has 0 unspecified atom stereocenters. The van der Waals surface area contributed by atoms with Crippen LogP contribution in [0.15, 0.2) is 6.07 Å². The molecule has 0 radical (unpaired) electrons. The fraction of sp³-hybridized carbons (Fsp3) is 0.368. The van der Waals surface area contributed by atoms with Gasteiger partial charge in [0.15, 0.2) is 0 Å². The van der Waals surface area contributed by atoms with E-state index in [0.717, 1.165) is 34.9 Å². The summed E-state index contributed by atoms with van der Waals surface area (Å²) in [6.45, 7) is 1.10. The first-order valence-corrected chi connectivity index (χ1v) is 10.6. The van der Waals surface area contributed by atoms with Gasteiger partial charge in [-0.2, -0.15) is 5.10 Å². The molecule has 1 fully saturated rings. The number of primary amides is 1. The number of thiophene rings is 1. The lowest BCUT2D eigenvalue weighted by atomic mass is 10.1. The molecule has 3 N–H and O–H groups in total. The Morgan fingerprint density at radius 2 is 2.00 bits per heavy atom. The van der Waals surface area contributed by atoms with E-state index in [2.05, 4.69) is 15.4 Å². The van der Waals surface area contributed by atoms with Crippen molar-refractivity contribution in [3.05, 3.63) is 38.6 Å². The second-order valence-electron chi connectivity index (χ2n) is 7.38. The normalized spacial score (nSPS) is 14.0. The van der Waals surface area contributed by atoms with Crippen molar-refractivity contribution in [3.63, 3.8) is 0 Å². The summed E-state index contributed by atoms with van der Waals surface area (Å²) < 4.78 is 53.8. The van der Waals surface area contributed by atoms with Gasteiger partial charge in [0.2, 0.25) is 5.91 Å². The molecule has 7 nitrogen and oxygen atoms in total. The summed E-state index contributed by atoms with van der Waals surface area (Å²) in [4.78, 5) is 28.6. The summed E-state index contributed by atoms with van der Waals surface area (Å²) >= 11 is 6.85. The first-order valence-electron chi connectivity index (χ1n) is 9.44. The number of carbonyl (C=O) groups is 2. The Morgan fingerprint density at radius 3 is 2.56 bits per heavy atom. The van der Waals surface area contributed by atoms with Gasteiger partial charge in [0, 0.05) is 11.3 Å². The topological polar surface area (TPSA) is 103 Å². The number of rotatable bonds is 7. The van der Waals surface area contributed by atoms with Crippen LogP contribution in [0.2, 0.25) is 5.02 Å². The smallest absolute Gasteiger partial charge is 0.283 e. The molecule has 1 saturated carbocycles. The van der Waals surface area contributed by atoms with Gasteiger partial charge in [0.1, 0.15) is 27.6 Å². The Bertz CT molecular complexity index is 1240. The fourth-order valence-electron chi connectivity index (χ4n) is 3.51. The largest absolute Gasteiger partial charge is 0.365 e. The minimum Gasteiger partial charge on any atom is -0.365 e. The number of hydrogen-bond acceptors (Lipinski definition) is 5. The predicted molar refractivity (Wildman–Crippen MR) is 111 cm³/mol. The van der Waals surface area contributed by atoms with E-state index in [-0.39, 0.29) is 26.3 Å². The zero-order valence-electron chi connectivity index (χ0n) is 16.5. The van der Waals surface area contributed by atoms with Crippen LogP contribution in [-0.2, 0) is 11.3 Å². The van der Waals surface area contributed by atoms with Crippen LogP contribution in [0.1, 0.15) is 63.9 Å². The Hall–Kier alpha value is -2.73. The van der Waals surface area contributed by atoms with Gasteiger partial charge in [-0.1, -0.05) is 11.6 Å². The van der Waals surface area contributed by atoms with Crippen molar-refractivity contribution in [1.29, 1.82) is 0 Å². The monoisotopic (exact) mass is 489 g/mol. The van der Waals surface area contributed by atoms with E-state index in [4.69, 9.17) is 17.3 Å². The van der Waals surface area contributed by atoms with Crippen LogP contribution in [0.4, 0.5) is 23.2 Å². The maximum Gasteiger partial charge on any atom is 0.283 e. The second kappa shape index (κ2) is 8.32. The van der Waals surface area contributed by atoms with Crippen molar-refractivity contribution in [3.8, 4) is 0 Å². The number of fused-ring (bicyclic) bond motifs is 1. The number of amides is 2. The number of aromatic nitrogens is 3. The van der Waals surface area contributed by atoms with Crippen molar-refractivity contribution in [2.75, 3.05) is 5.32 Å². The molecule has 0 aromatic carbocycles. The summed E-state index contributed by atoms with van der Waals surface area (Å²) in [5.41, 5.74) is 5.11. The molecule has 13 heteroatoms. The molecule has 3 aromatic rings. The molecule has 170 valence electrons. The zero-order valence-corrected chi connectivity index (χ0v) is 18.0. The van der Waals surface area contributed by atoms with Crippen molar-refractivity contribution < 1.29 is 27.2 Å². The van der Waals surface area contributed by atoms with Crippen LogP contribution in [0.25, 0.3) is 10.2 Å². The third-order valence-electron chi connectivity index (χ3n) is 5.01. The lowest BCUT2D eigenvalue weighted by Gasteiger charge is -2.10. The van der Waals surface area contributed by atoms with Gasteiger partial charge in [-0.15, -0.1) is 11.3 Å². The molecule has 2 amide bonds. The van der Waals surface area contributed by atoms with Crippen LogP contribution in [0.5, 0.6) is 0 Å². The Kier molecular flexibility index (Phi) is 5.84. The summed E-state index contributed by atoms with van der Waals surface area (Å²) in [6, 6.07) is 1.16. The number of nitrogens with zero attached hydrogens (tertiary/aromatic N) is 3. The summed E-state index contributed by atoms with van der Waals surface area (Å²) in [6.07, 6.45) is -4.23. The van der Waals surface area contributed by atoms with Crippen LogP contribution < -0.4 is 11.1 Å². The number of nitrogens with two attached hydrogens (primary N) is 1. The summed E-state index contributed by atoms with van der Waals surface area (Å²) in [5.74, 6) is -1.61. The maximum atomic E-state index is 13.2. The van der Waals surface area contributed by atoms with E-state index in [1.807, 2.05) is 0 Å². The molecule has 1 aliphatic carbocycles. The minimum atomic E-state index is -2.90. The SMILES string of the molecule is Cc1cc(C(F)F)nc2sc(C(N)=O)c(NC(=O)Cn3nc(C(F)F)c(Cl)c3C3CC3)c12. The Labute approximate surface area is 187 Å². The quantitative estimate of drug-likeness (QED) is 0.458. The minimum absolute atomic E-state index is 0.0358. The molecule has 3 heterocycles. The zero-order chi connectivity index (χ0) is 23.3. The van der Waals surface area contributed by atoms with E-state index < -0.39 is 42.6 Å². The van der Waals surface area contributed by atoms with Crippen LogP contribution in [0, 0.1) is 6.92 Å². The van der Waals surface area contributed by atoms with E-state index in [1.54, 1.807) is 0 Å². The van der Waals surface area contributed by atoms with E-state index in [0.29, 0.717) is 16.6 Å². The van der Waals surface area contributed by atoms with E-state index in [9.17, 15) is 27.2 Å². The Morgan fingerprint density at radius 1 is 1.31 bits per heavy atom. The van der Waals surface area contributed by atoms with Gasteiger partial charge in [-0.05, 0) is 31.4 Å². The molecule has 3 aromatic heterocycles. The van der Waals surface area contributed by atoms with Crippen LogP contribution >= 0.6 is 22.9 Å². The molecule has 0 spiro atoms. The maximum absolute atomic E-state index is 13.2. The molecular weight excluding hydrogens is 474 g/mol. The average Bonchev–Trinajstić information content (AvgIpc) is 3.38. The van der Waals surface area contributed by atoms with Crippen LogP contribution in [0.3, 0.4) is 0 Å². The van der Waals surface area contributed by atoms with Crippen molar-refractivity contribution >= 4 is 50.7 Å². The lowest BCUT2D eigenvalue weighted by molar-refractivity contribution is -0.117. The number of pyridine rings is 1. The molecule has 1 aliphatic rings. The van der Waals surface area contributed by atoms with Crippen LogP contribution in [-0.4, -0.2) is 26.6 Å². The highest BCUT2D eigenvalue weighted by molar-refractivity contribution is 7.21. The van der Waals surface area contributed by atoms with Gasteiger partial charge >= 0.3 is 0 Å². The molecule has 0 aliphatic heterocycles. The summed E-state index contributed by atoms with van der Waals surface area (Å²) in [5, 5.41) is 6.49. The van der Waals surface area contributed by atoms with Gasteiger partial charge < -0.3 is 11.1 Å². The number of nitrogens with one attached hydrogen (secondary N) is 1. The molecule has 0 saturated heterocycles. The standard InChI is InChI=1S/C19H16ClF4N5O2S/c1-6-4-8(16(21)22)26-19-10(6)12(15(32-19)18(25)31)27-9(30)5-29-14(7-2-3-7)11(20)13(28-29)17(23)24/h4,7,16-17H,2-3,5H2,1H3,(H2,25,31)(H,27,30). The molecule has 32 heavy (non-hydrogen) atoms. The lowest BCUT2D eigenvalue weighted by Crippen LogP contribution is -2.22. The number of hydrogen-bond donors (Lipinski definition) is 2. The highest BCUT2D eigenvalue weighted by atomic mass is 35.5. The van der Waals surface area contributed by atoms with Crippen molar-refractivity contribution in [2.24, 2.45) is 5.73 Å². The van der Waals surface area contributed by atoms with Crippen molar-refractivity contribution in [2.45, 2.75) is 45.1 Å². The third kappa shape index (κ3) is 4.04. The van der Waals surface area contributed by atoms with Gasteiger partial charge in [0.25, 0.3) is 18.8 Å². The van der Waals surface area contributed by atoms with E-state index >= 15 is 0 Å². The molecule has 0 bridgehead atoms. The number of halogens is 5. The number of anilines is 1. The van der Waals surface area contributed by atoms with Gasteiger partial charge in [0.05, 0.1) is 16.4 Å². The number of aryl methyl sites for hydroxylation is 1. The third-order valence-corrected chi connectivity index (χ3v) is 6.50. The Balaban J connectivity index is 1.70. The molecular formula is C19H16ClF4N5O2S. The van der Waals surface area contributed by atoms with E-state index in [1.165, 1.54) is 6.92 Å². The molecule has 4 rings (SSSR count). The average molecular weight is 490 g/mol.